The molecule has 2 aromatic carbocycles. The van der Waals surface area contributed by atoms with Crippen LogP contribution in [0.1, 0.15) is 17.4 Å². The molecule has 128 valence electrons. The van der Waals surface area contributed by atoms with Gasteiger partial charge in [-0.05, 0) is 29.8 Å². The number of esters is 1. The molecule has 3 aromatic rings. The molecule has 0 saturated carbocycles. The Hall–Kier alpha value is -2.38. The minimum atomic E-state index is -0.482. The first-order chi connectivity index (χ1) is 12.2. The molecule has 0 aliphatic carbocycles. The van der Waals surface area contributed by atoms with Crippen LogP contribution in [0, 0.1) is 0 Å². The van der Waals surface area contributed by atoms with Crippen molar-refractivity contribution in [3.8, 4) is 0 Å². The predicted molar refractivity (Wildman–Crippen MR) is 101 cm³/mol. The molecule has 0 radical (unpaired) electrons. The summed E-state index contributed by atoms with van der Waals surface area (Å²) < 4.78 is 4.88. The van der Waals surface area contributed by atoms with Gasteiger partial charge in [0.1, 0.15) is 0 Å². The average molecular weight is 372 g/mol. The van der Waals surface area contributed by atoms with Crippen LogP contribution in [0.4, 0.5) is 5.13 Å². The van der Waals surface area contributed by atoms with Crippen LogP contribution in [-0.4, -0.2) is 29.2 Å². The SMILES string of the molecule is CCOC(=O)c1csc(NC(=O)CSc2ccc3ccccc3c2)n1. The van der Waals surface area contributed by atoms with Crippen molar-refractivity contribution in [2.45, 2.75) is 11.8 Å². The Morgan fingerprint density at radius 3 is 2.80 bits per heavy atom. The number of benzene rings is 2. The minimum Gasteiger partial charge on any atom is -0.461 e. The zero-order valence-corrected chi connectivity index (χ0v) is 15.2. The van der Waals surface area contributed by atoms with Crippen LogP contribution in [0.25, 0.3) is 10.8 Å². The van der Waals surface area contributed by atoms with Crippen LogP contribution < -0.4 is 5.32 Å². The molecule has 1 N–H and O–H groups in total. The van der Waals surface area contributed by atoms with Crippen LogP contribution in [0.2, 0.25) is 0 Å². The van der Waals surface area contributed by atoms with E-state index in [1.165, 1.54) is 28.5 Å². The largest absolute Gasteiger partial charge is 0.461 e. The first kappa shape index (κ1) is 17.4. The zero-order valence-electron chi connectivity index (χ0n) is 13.5. The van der Waals surface area contributed by atoms with Gasteiger partial charge in [-0.1, -0.05) is 30.3 Å². The number of ether oxygens (including phenoxy) is 1. The highest BCUT2D eigenvalue weighted by Gasteiger charge is 2.13. The monoisotopic (exact) mass is 372 g/mol. The van der Waals surface area contributed by atoms with E-state index in [-0.39, 0.29) is 17.4 Å². The quantitative estimate of drug-likeness (QED) is 0.519. The fraction of sp³-hybridized carbons (Fsp3) is 0.167. The number of carbonyl (C=O) groups is 2. The Bertz CT molecular complexity index is 908. The molecule has 25 heavy (non-hydrogen) atoms. The van der Waals surface area contributed by atoms with Crippen molar-refractivity contribution in [2.75, 3.05) is 17.7 Å². The smallest absolute Gasteiger partial charge is 0.357 e. The molecule has 0 fully saturated rings. The average Bonchev–Trinajstić information content (AvgIpc) is 3.08. The minimum absolute atomic E-state index is 0.164. The summed E-state index contributed by atoms with van der Waals surface area (Å²) in [6, 6.07) is 14.2. The summed E-state index contributed by atoms with van der Waals surface area (Å²) in [4.78, 5) is 28.7. The highest BCUT2D eigenvalue weighted by Crippen LogP contribution is 2.24. The van der Waals surface area contributed by atoms with E-state index in [4.69, 9.17) is 4.74 Å². The first-order valence-corrected chi connectivity index (χ1v) is 9.56. The van der Waals surface area contributed by atoms with Gasteiger partial charge >= 0.3 is 5.97 Å². The lowest BCUT2D eigenvalue weighted by Crippen LogP contribution is -2.14. The Kier molecular flexibility index (Phi) is 5.67. The van der Waals surface area contributed by atoms with Gasteiger partial charge in [0, 0.05) is 10.3 Å². The van der Waals surface area contributed by atoms with Crippen LogP contribution in [-0.2, 0) is 9.53 Å². The normalized spacial score (nSPS) is 10.6. The van der Waals surface area contributed by atoms with Crippen molar-refractivity contribution in [3.63, 3.8) is 0 Å². The molecule has 1 heterocycles. The number of thiazole rings is 1. The Morgan fingerprint density at radius 2 is 2.00 bits per heavy atom. The number of fused-ring (bicyclic) bond motifs is 1. The van der Waals surface area contributed by atoms with Gasteiger partial charge in [0.05, 0.1) is 12.4 Å². The summed E-state index contributed by atoms with van der Waals surface area (Å²) in [6.45, 7) is 2.03. The summed E-state index contributed by atoms with van der Waals surface area (Å²) in [5, 5.41) is 6.99. The second-order valence-corrected chi connectivity index (χ2v) is 7.01. The van der Waals surface area contributed by atoms with Gasteiger partial charge in [0.25, 0.3) is 0 Å². The molecule has 0 saturated heterocycles. The summed E-state index contributed by atoms with van der Waals surface area (Å²) in [6.07, 6.45) is 0. The molecule has 5 nitrogen and oxygen atoms in total. The lowest BCUT2D eigenvalue weighted by Gasteiger charge is -2.04. The lowest BCUT2D eigenvalue weighted by atomic mass is 10.1. The van der Waals surface area contributed by atoms with Crippen molar-refractivity contribution >= 4 is 50.9 Å². The third kappa shape index (κ3) is 4.58. The molecular weight excluding hydrogens is 356 g/mol. The van der Waals surface area contributed by atoms with Gasteiger partial charge in [-0.15, -0.1) is 23.1 Å². The summed E-state index contributed by atoms with van der Waals surface area (Å²) >= 11 is 2.66. The lowest BCUT2D eigenvalue weighted by molar-refractivity contribution is -0.113. The summed E-state index contributed by atoms with van der Waals surface area (Å²) in [5.74, 6) is -0.375. The van der Waals surface area contributed by atoms with Gasteiger partial charge in [-0.25, -0.2) is 9.78 Å². The van der Waals surface area contributed by atoms with E-state index in [2.05, 4.69) is 22.4 Å². The number of hydrogen-bond donors (Lipinski definition) is 1. The highest BCUT2D eigenvalue weighted by molar-refractivity contribution is 8.00. The number of aromatic nitrogens is 1. The van der Waals surface area contributed by atoms with Gasteiger partial charge in [0.15, 0.2) is 10.8 Å². The maximum absolute atomic E-state index is 12.1. The maximum Gasteiger partial charge on any atom is 0.357 e. The second kappa shape index (κ2) is 8.13. The predicted octanol–water partition coefficient (Wildman–Crippen LogP) is 4.20. The summed E-state index contributed by atoms with van der Waals surface area (Å²) in [5.41, 5.74) is 0.212. The van der Waals surface area contributed by atoms with E-state index in [1.807, 2.05) is 30.3 Å². The van der Waals surface area contributed by atoms with Crippen molar-refractivity contribution in [1.29, 1.82) is 0 Å². The van der Waals surface area contributed by atoms with Gasteiger partial charge in [0.2, 0.25) is 5.91 Å². The van der Waals surface area contributed by atoms with Crippen molar-refractivity contribution < 1.29 is 14.3 Å². The van der Waals surface area contributed by atoms with Crippen LogP contribution in [0.3, 0.4) is 0 Å². The van der Waals surface area contributed by atoms with Crippen LogP contribution >= 0.6 is 23.1 Å². The molecule has 0 atom stereocenters. The van der Waals surface area contributed by atoms with E-state index < -0.39 is 5.97 Å². The molecule has 0 unspecified atom stereocenters. The number of carbonyl (C=O) groups excluding carboxylic acids is 2. The van der Waals surface area contributed by atoms with E-state index in [0.29, 0.717) is 11.7 Å². The van der Waals surface area contributed by atoms with E-state index in [0.717, 1.165) is 10.3 Å². The second-order valence-electron chi connectivity index (χ2n) is 5.10. The molecule has 3 rings (SSSR count). The molecule has 1 amide bonds. The molecule has 0 aliphatic heterocycles. The van der Waals surface area contributed by atoms with Gasteiger partial charge in [-0.3, -0.25) is 4.79 Å². The highest BCUT2D eigenvalue weighted by atomic mass is 32.2. The number of amides is 1. The standard InChI is InChI=1S/C18H16N2O3S2/c1-2-23-17(22)15-10-25-18(19-15)20-16(21)11-24-14-8-7-12-5-3-4-6-13(12)9-14/h3-10H,2,11H2,1H3,(H,19,20,21). The fourth-order valence-corrected chi connectivity index (χ4v) is 3.63. The van der Waals surface area contributed by atoms with Gasteiger partial charge in [-0.2, -0.15) is 0 Å². The summed E-state index contributed by atoms with van der Waals surface area (Å²) in [7, 11) is 0. The van der Waals surface area contributed by atoms with E-state index in [1.54, 1.807) is 12.3 Å². The number of thioether (sulfide) groups is 1. The molecule has 1 aromatic heterocycles. The zero-order chi connectivity index (χ0) is 17.6. The molecular formula is C18H16N2O3S2. The number of rotatable bonds is 6. The maximum atomic E-state index is 12.1. The van der Waals surface area contributed by atoms with Crippen molar-refractivity contribution in [2.24, 2.45) is 0 Å². The van der Waals surface area contributed by atoms with Crippen LogP contribution in [0.5, 0.6) is 0 Å². The molecule has 7 heteroatoms. The number of nitrogens with zero attached hydrogens (tertiary/aromatic N) is 1. The third-order valence-electron chi connectivity index (χ3n) is 3.33. The number of nitrogens with one attached hydrogen (secondary N) is 1. The Balaban J connectivity index is 1.56. The Morgan fingerprint density at radius 1 is 1.20 bits per heavy atom. The molecule has 0 bridgehead atoms. The third-order valence-corrected chi connectivity index (χ3v) is 5.08. The Labute approximate surface area is 153 Å². The van der Waals surface area contributed by atoms with Crippen molar-refractivity contribution in [3.05, 3.63) is 53.5 Å². The van der Waals surface area contributed by atoms with E-state index >= 15 is 0 Å². The molecule has 0 aliphatic rings. The topological polar surface area (TPSA) is 68.3 Å². The van der Waals surface area contributed by atoms with Crippen LogP contribution in [0.15, 0.2) is 52.7 Å². The molecule has 0 spiro atoms. The fourth-order valence-electron chi connectivity index (χ4n) is 2.19. The number of hydrogen-bond acceptors (Lipinski definition) is 6. The van der Waals surface area contributed by atoms with Gasteiger partial charge < -0.3 is 10.1 Å². The first-order valence-electron chi connectivity index (χ1n) is 7.70. The van der Waals surface area contributed by atoms with Crippen molar-refractivity contribution in [1.82, 2.24) is 4.98 Å². The van der Waals surface area contributed by atoms with E-state index in [9.17, 15) is 9.59 Å². The number of anilines is 1.